The number of aryl methyl sites for hydroxylation is 2. The molecule has 2 aromatic rings. The molecule has 6 nitrogen and oxygen atoms in total. The van der Waals surface area contributed by atoms with Gasteiger partial charge in [0.1, 0.15) is 0 Å². The number of H-pyrrole nitrogens is 1. The van der Waals surface area contributed by atoms with Crippen LogP contribution in [-0.4, -0.2) is 39.0 Å². The standard InChI is InChI=1S/C17H21N3O3S/c1-11-5-6-12(2)14(8-11)15(21)10-24-17-19-18-16(22)20(17)9-13-4-3-7-23-13/h5-6,8,13H,3-4,7,9-10H2,1-2H3,(H,18,22)/t13-/m0/s1. The van der Waals surface area contributed by atoms with Crippen molar-refractivity contribution in [1.82, 2.24) is 14.8 Å². The van der Waals surface area contributed by atoms with Gasteiger partial charge in [-0.15, -0.1) is 5.10 Å². The van der Waals surface area contributed by atoms with Gasteiger partial charge in [-0.05, 0) is 38.3 Å². The van der Waals surface area contributed by atoms with Crippen LogP contribution < -0.4 is 5.69 Å². The molecule has 2 heterocycles. The largest absolute Gasteiger partial charge is 0.376 e. The second-order valence-electron chi connectivity index (χ2n) is 6.09. The second kappa shape index (κ2) is 7.36. The molecule has 128 valence electrons. The molecule has 1 atom stereocenters. The number of nitrogens with zero attached hydrogens (tertiary/aromatic N) is 2. The van der Waals surface area contributed by atoms with Gasteiger partial charge in [-0.25, -0.2) is 9.89 Å². The molecule has 0 saturated carbocycles. The van der Waals surface area contributed by atoms with Crippen LogP contribution in [0.1, 0.15) is 34.3 Å². The van der Waals surface area contributed by atoms with E-state index in [4.69, 9.17) is 4.74 Å². The molecule has 1 aliphatic rings. The first-order valence-corrected chi connectivity index (χ1v) is 9.03. The lowest BCUT2D eigenvalue weighted by Gasteiger charge is -2.11. The molecule has 24 heavy (non-hydrogen) atoms. The number of Topliss-reactive ketones (excluding diaryl/α,β-unsaturated/α-hetero) is 1. The van der Waals surface area contributed by atoms with E-state index in [1.54, 1.807) is 4.57 Å². The van der Waals surface area contributed by atoms with Crippen molar-refractivity contribution in [2.75, 3.05) is 12.4 Å². The summed E-state index contributed by atoms with van der Waals surface area (Å²) in [5.74, 6) is 0.292. The van der Waals surface area contributed by atoms with Crippen LogP contribution in [0.4, 0.5) is 0 Å². The zero-order valence-electron chi connectivity index (χ0n) is 13.9. The lowest BCUT2D eigenvalue weighted by Crippen LogP contribution is -2.25. The predicted octanol–water partition coefficient (Wildman–Crippen LogP) is 2.34. The van der Waals surface area contributed by atoms with Crippen molar-refractivity contribution in [2.45, 2.75) is 44.5 Å². The molecule has 0 unspecified atom stereocenters. The quantitative estimate of drug-likeness (QED) is 0.641. The minimum absolute atomic E-state index is 0.0420. The summed E-state index contributed by atoms with van der Waals surface area (Å²) >= 11 is 1.28. The monoisotopic (exact) mass is 347 g/mol. The molecule has 1 saturated heterocycles. The van der Waals surface area contributed by atoms with Crippen molar-refractivity contribution >= 4 is 17.5 Å². The Labute approximate surface area is 144 Å². The van der Waals surface area contributed by atoms with Crippen LogP contribution in [0.5, 0.6) is 0 Å². The molecular formula is C17H21N3O3S. The van der Waals surface area contributed by atoms with Gasteiger partial charge >= 0.3 is 5.69 Å². The van der Waals surface area contributed by atoms with Crippen molar-refractivity contribution in [3.05, 3.63) is 45.4 Å². The highest BCUT2D eigenvalue weighted by molar-refractivity contribution is 7.99. The van der Waals surface area contributed by atoms with Gasteiger partial charge in [-0.3, -0.25) is 9.36 Å². The van der Waals surface area contributed by atoms with E-state index in [0.717, 1.165) is 36.1 Å². The Kier molecular flexibility index (Phi) is 5.20. The Bertz CT molecular complexity index is 791. The Morgan fingerprint density at radius 1 is 1.46 bits per heavy atom. The van der Waals surface area contributed by atoms with E-state index in [2.05, 4.69) is 10.2 Å². The average Bonchev–Trinajstić information content (AvgIpc) is 3.19. The fraction of sp³-hybridized carbons (Fsp3) is 0.471. The summed E-state index contributed by atoms with van der Waals surface area (Å²) < 4.78 is 7.15. The van der Waals surface area contributed by atoms with Crippen LogP contribution >= 0.6 is 11.8 Å². The lowest BCUT2D eigenvalue weighted by molar-refractivity contribution is 0.0941. The van der Waals surface area contributed by atoms with Gasteiger partial charge in [-0.2, -0.15) is 0 Å². The molecule has 1 aromatic heterocycles. The number of ketones is 1. The van der Waals surface area contributed by atoms with E-state index >= 15 is 0 Å². The summed E-state index contributed by atoms with van der Waals surface area (Å²) in [6.07, 6.45) is 2.02. The number of thioether (sulfide) groups is 1. The molecule has 1 N–H and O–H groups in total. The highest BCUT2D eigenvalue weighted by Gasteiger charge is 2.20. The second-order valence-corrected chi connectivity index (χ2v) is 7.03. The maximum Gasteiger partial charge on any atom is 0.344 e. The number of nitrogens with one attached hydrogen (secondary N) is 1. The SMILES string of the molecule is Cc1ccc(C)c(C(=O)CSc2n[nH]c(=O)n2C[C@@H]2CCCO2)c1. The molecule has 1 aromatic carbocycles. The van der Waals surface area contributed by atoms with Crippen molar-refractivity contribution < 1.29 is 9.53 Å². The summed E-state index contributed by atoms with van der Waals surface area (Å²) in [6.45, 7) is 5.12. The van der Waals surface area contributed by atoms with Gasteiger partial charge in [0.2, 0.25) is 0 Å². The number of aromatic nitrogens is 3. The Morgan fingerprint density at radius 2 is 2.29 bits per heavy atom. The predicted molar refractivity (Wildman–Crippen MR) is 92.8 cm³/mol. The fourth-order valence-corrected chi connectivity index (χ4v) is 3.65. The summed E-state index contributed by atoms with van der Waals surface area (Å²) in [4.78, 5) is 24.4. The number of benzene rings is 1. The van der Waals surface area contributed by atoms with E-state index in [-0.39, 0.29) is 23.3 Å². The first-order valence-electron chi connectivity index (χ1n) is 8.04. The maximum atomic E-state index is 12.5. The Morgan fingerprint density at radius 3 is 3.04 bits per heavy atom. The summed E-state index contributed by atoms with van der Waals surface area (Å²) in [5.41, 5.74) is 2.49. The van der Waals surface area contributed by atoms with Crippen LogP contribution in [0, 0.1) is 13.8 Å². The summed E-state index contributed by atoms with van der Waals surface area (Å²) in [5, 5.41) is 7.05. The molecule has 1 aliphatic heterocycles. The molecule has 0 amide bonds. The first kappa shape index (κ1) is 17.0. The van der Waals surface area contributed by atoms with Crippen molar-refractivity contribution in [2.24, 2.45) is 0 Å². The molecule has 3 rings (SSSR count). The van der Waals surface area contributed by atoms with Crippen molar-refractivity contribution in [3.63, 3.8) is 0 Å². The number of hydrogen-bond acceptors (Lipinski definition) is 5. The minimum atomic E-state index is -0.257. The zero-order chi connectivity index (χ0) is 17.1. The summed E-state index contributed by atoms with van der Waals surface area (Å²) in [7, 11) is 0. The Hall–Kier alpha value is -1.86. The molecule has 0 spiro atoms. The third-order valence-corrected chi connectivity index (χ3v) is 5.14. The molecule has 0 aliphatic carbocycles. The van der Waals surface area contributed by atoms with Crippen LogP contribution in [-0.2, 0) is 11.3 Å². The molecule has 1 fully saturated rings. The Balaban J connectivity index is 1.69. The van der Waals surface area contributed by atoms with Crippen LogP contribution in [0.3, 0.4) is 0 Å². The number of aromatic amines is 1. The van der Waals surface area contributed by atoms with E-state index in [9.17, 15) is 9.59 Å². The van der Waals surface area contributed by atoms with Gasteiger partial charge in [-0.1, -0.05) is 29.5 Å². The van der Waals surface area contributed by atoms with Gasteiger partial charge in [0.05, 0.1) is 18.4 Å². The van der Waals surface area contributed by atoms with Gasteiger partial charge < -0.3 is 4.74 Å². The molecule has 0 radical (unpaired) electrons. The lowest BCUT2D eigenvalue weighted by atomic mass is 10.0. The fourth-order valence-electron chi connectivity index (χ4n) is 2.81. The number of carbonyl (C=O) groups is 1. The van der Waals surface area contributed by atoms with Crippen LogP contribution in [0.2, 0.25) is 0 Å². The molecule has 0 bridgehead atoms. The third kappa shape index (κ3) is 3.79. The smallest absolute Gasteiger partial charge is 0.344 e. The summed E-state index contributed by atoms with van der Waals surface area (Å²) in [6, 6.07) is 5.85. The van der Waals surface area contributed by atoms with Crippen molar-refractivity contribution in [1.29, 1.82) is 0 Å². The van der Waals surface area contributed by atoms with Gasteiger partial charge in [0, 0.05) is 12.2 Å². The van der Waals surface area contributed by atoms with E-state index in [0.29, 0.717) is 11.7 Å². The highest BCUT2D eigenvalue weighted by Crippen LogP contribution is 2.20. The van der Waals surface area contributed by atoms with Gasteiger partial charge in [0.15, 0.2) is 10.9 Å². The van der Waals surface area contributed by atoms with E-state index < -0.39 is 0 Å². The molecule has 7 heteroatoms. The normalized spacial score (nSPS) is 17.3. The number of rotatable bonds is 6. The molecular weight excluding hydrogens is 326 g/mol. The maximum absolute atomic E-state index is 12.5. The van der Waals surface area contributed by atoms with Crippen molar-refractivity contribution in [3.8, 4) is 0 Å². The van der Waals surface area contributed by atoms with Crippen LogP contribution in [0.25, 0.3) is 0 Å². The highest BCUT2D eigenvalue weighted by atomic mass is 32.2. The topological polar surface area (TPSA) is 77.0 Å². The first-order chi connectivity index (χ1) is 11.5. The third-order valence-electron chi connectivity index (χ3n) is 4.16. The average molecular weight is 347 g/mol. The number of carbonyl (C=O) groups excluding carboxylic acids is 1. The number of ether oxygens (including phenoxy) is 1. The van der Waals surface area contributed by atoms with E-state index in [1.165, 1.54) is 11.8 Å². The zero-order valence-corrected chi connectivity index (χ0v) is 14.7. The van der Waals surface area contributed by atoms with E-state index in [1.807, 2.05) is 32.0 Å². The number of hydrogen-bond donors (Lipinski definition) is 1. The minimum Gasteiger partial charge on any atom is -0.376 e. The van der Waals surface area contributed by atoms with Gasteiger partial charge in [0.25, 0.3) is 0 Å². The van der Waals surface area contributed by atoms with Crippen LogP contribution in [0.15, 0.2) is 28.2 Å².